The molecule has 2 aromatic carbocycles. The number of carbonyl (C=O) groups excluding carboxylic acids is 4. The summed E-state index contributed by atoms with van der Waals surface area (Å²) in [5.74, 6) is -1.93. The van der Waals surface area contributed by atoms with E-state index in [1.807, 2.05) is 41.5 Å². The zero-order valence-corrected chi connectivity index (χ0v) is 23.1. The molecule has 8 heteroatoms. The highest BCUT2D eigenvalue weighted by Crippen LogP contribution is 2.25. The third-order valence-corrected chi connectivity index (χ3v) is 6.11. The Morgan fingerprint density at radius 1 is 0.605 bits per heavy atom. The fraction of sp³-hybridized carbons (Fsp3) is 0.467. The average Bonchev–Trinajstić information content (AvgIpc) is 2.86. The summed E-state index contributed by atoms with van der Waals surface area (Å²) < 4.78 is 21.8. The van der Waals surface area contributed by atoms with Gasteiger partial charge in [0.2, 0.25) is 0 Å². The lowest BCUT2D eigenvalue weighted by Crippen LogP contribution is -2.27. The molecule has 0 saturated heterocycles. The van der Waals surface area contributed by atoms with E-state index in [0.717, 1.165) is 0 Å². The molecular weight excluding hydrogens is 488 g/mol. The molecule has 0 saturated carbocycles. The maximum absolute atomic E-state index is 12.6. The molecular formula is C30H38O8. The van der Waals surface area contributed by atoms with Crippen LogP contribution in [0.3, 0.4) is 0 Å². The molecule has 206 valence electrons. The molecule has 0 atom stereocenters. The molecule has 0 fully saturated rings. The molecule has 0 heterocycles. The summed E-state index contributed by atoms with van der Waals surface area (Å²) in [6.07, 6.45) is 2.11. The summed E-state index contributed by atoms with van der Waals surface area (Å²) in [5, 5.41) is 0. The van der Waals surface area contributed by atoms with Crippen LogP contribution in [-0.4, -0.2) is 35.1 Å². The van der Waals surface area contributed by atoms with Gasteiger partial charge in [-0.05, 0) is 77.6 Å². The van der Waals surface area contributed by atoms with Gasteiger partial charge in [-0.1, -0.05) is 38.1 Å². The smallest absolute Gasteiger partial charge is 0.342 e. The maximum Gasteiger partial charge on any atom is 0.342 e. The Morgan fingerprint density at radius 2 is 0.947 bits per heavy atom. The van der Waals surface area contributed by atoms with Crippen molar-refractivity contribution in [3.63, 3.8) is 0 Å². The monoisotopic (exact) mass is 526 g/mol. The minimum atomic E-state index is -0.643. The minimum Gasteiger partial charge on any atom is -0.456 e. The van der Waals surface area contributed by atoms with Gasteiger partial charge in [-0.15, -0.1) is 0 Å². The second kappa shape index (κ2) is 13.7. The van der Waals surface area contributed by atoms with E-state index in [4.69, 9.17) is 18.9 Å². The lowest BCUT2D eigenvalue weighted by Gasteiger charge is -2.23. The Hall–Kier alpha value is -3.68. The van der Waals surface area contributed by atoms with Gasteiger partial charge in [-0.3, -0.25) is 9.59 Å². The van der Waals surface area contributed by atoms with Gasteiger partial charge in [0.25, 0.3) is 0 Å². The number of rotatable bonds is 13. The summed E-state index contributed by atoms with van der Waals surface area (Å²) >= 11 is 0. The first kappa shape index (κ1) is 30.5. The number of unbranched alkanes of at least 4 members (excludes halogenated alkanes) is 1. The van der Waals surface area contributed by atoms with Crippen molar-refractivity contribution >= 4 is 23.9 Å². The maximum atomic E-state index is 12.6. The van der Waals surface area contributed by atoms with E-state index in [1.165, 1.54) is 12.1 Å². The van der Waals surface area contributed by atoms with Crippen LogP contribution in [0.2, 0.25) is 0 Å². The van der Waals surface area contributed by atoms with Gasteiger partial charge in [0.05, 0.1) is 0 Å². The van der Waals surface area contributed by atoms with Gasteiger partial charge < -0.3 is 18.9 Å². The largest absolute Gasteiger partial charge is 0.456 e. The molecule has 0 radical (unpaired) electrons. The second-order valence-corrected chi connectivity index (χ2v) is 10.2. The van der Waals surface area contributed by atoms with Crippen molar-refractivity contribution in [2.75, 3.05) is 0 Å². The molecule has 0 aliphatic rings. The van der Waals surface area contributed by atoms with Gasteiger partial charge in [0.1, 0.15) is 33.8 Å². The highest BCUT2D eigenvalue weighted by molar-refractivity contribution is 5.94. The number of para-hydroxylation sites is 2. The first-order valence-electron chi connectivity index (χ1n) is 12.9. The number of carbonyl (C=O) groups is 4. The Kier molecular flexibility index (Phi) is 11.0. The Balaban J connectivity index is 1.86. The Bertz CT molecular complexity index is 1040. The van der Waals surface area contributed by atoms with Crippen molar-refractivity contribution in [1.29, 1.82) is 0 Å². The van der Waals surface area contributed by atoms with Gasteiger partial charge >= 0.3 is 23.9 Å². The molecule has 2 aromatic rings. The molecule has 0 aromatic heterocycles. The molecule has 8 nitrogen and oxygen atoms in total. The van der Waals surface area contributed by atoms with Crippen LogP contribution in [0.5, 0.6) is 11.5 Å². The van der Waals surface area contributed by atoms with Crippen LogP contribution >= 0.6 is 0 Å². The van der Waals surface area contributed by atoms with E-state index in [9.17, 15) is 19.2 Å². The van der Waals surface area contributed by atoms with Crippen LogP contribution in [0.15, 0.2) is 48.5 Å². The first-order valence-corrected chi connectivity index (χ1v) is 12.9. The molecule has 0 aliphatic heterocycles. The highest BCUT2D eigenvalue weighted by Gasteiger charge is 2.25. The average molecular weight is 527 g/mol. The topological polar surface area (TPSA) is 105 Å². The standard InChI is InChI=1S/C30H38O8/c1-7-29(3,4)37-27(33)21-15-9-11-17-23(21)35-25(31)19-13-14-20-26(32)36-24-18-12-10-16-22(24)28(34)38-30(5,6)8-2/h9-12,15-18H,7-8,13-14,19-20H2,1-6H3. The van der Waals surface area contributed by atoms with Gasteiger partial charge in [-0.25, -0.2) is 9.59 Å². The van der Waals surface area contributed by atoms with Crippen molar-refractivity contribution < 1.29 is 38.1 Å². The van der Waals surface area contributed by atoms with Crippen LogP contribution in [0.1, 0.15) is 101 Å². The van der Waals surface area contributed by atoms with Crippen molar-refractivity contribution in [3.8, 4) is 11.5 Å². The van der Waals surface area contributed by atoms with Gasteiger partial charge in [-0.2, -0.15) is 0 Å². The predicted molar refractivity (Wildman–Crippen MR) is 142 cm³/mol. The summed E-state index contributed by atoms with van der Waals surface area (Å²) in [7, 11) is 0. The third-order valence-electron chi connectivity index (χ3n) is 6.11. The third kappa shape index (κ3) is 9.65. The van der Waals surface area contributed by atoms with Crippen LogP contribution in [0.4, 0.5) is 0 Å². The van der Waals surface area contributed by atoms with E-state index < -0.39 is 35.1 Å². The van der Waals surface area contributed by atoms with Crippen molar-refractivity contribution in [2.45, 2.75) is 91.3 Å². The zero-order valence-electron chi connectivity index (χ0n) is 23.1. The Labute approximate surface area is 224 Å². The molecule has 0 aliphatic carbocycles. The van der Waals surface area contributed by atoms with E-state index >= 15 is 0 Å². The lowest BCUT2D eigenvalue weighted by atomic mass is 10.1. The van der Waals surface area contributed by atoms with Crippen LogP contribution in [0.25, 0.3) is 0 Å². The number of esters is 4. The summed E-state index contributed by atoms with van der Waals surface area (Å²) in [4.78, 5) is 49.9. The molecule has 0 unspecified atom stereocenters. The molecule has 0 amide bonds. The molecule has 0 N–H and O–H groups in total. The minimum absolute atomic E-state index is 0.0477. The predicted octanol–water partition coefficient (Wildman–Crippen LogP) is 6.45. The first-order chi connectivity index (χ1) is 17.9. The van der Waals surface area contributed by atoms with Crippen molar-refractivity contribution in [2.24, 2.45) is 0 Å². The quantitative estimate of drug-likeness (QED) is 0.167. The second-order valence-electron chi connectivity index (χ2n) is 10.2. The highest BCUT2D eigenvalue weighted by atomic mass is 16.6. The Morgan fingerprint density at radius 3 is 1.29 bits per heavy atom. The fourth-order valence-electron chi connectivity index (χ4n) is 3.09. The van der Waals surface area contributed by atoms with E-state index in [2.05, 4.69) is 0 Å². The van der Waals surface area contributed by atoms with E-state index in [0.29, 0.717) is 25.7 Å². The molecule has 2 rings (SSSR count). The van der Waals surface area contributed by atoms with Crippen molar-refractivity contribution in [3.05, 3.63) is 59.7 Å². The normalized spacial score (nSPS) is 11.4. The molecule has 38 heavy (non-hydrogen) atoms. The van der Waals surface area contributed by atoms with E-state index in [-0.39, 0.29) is 35.5 Å². The van der Waals surface area contributed by atoms with Gasteiger partial charge in [0, 0.05) is 12.8 Å². The summed E-state index contributed by atoms with van der Waals surface area (Å²) in [6.45, 7) is 11.1. The van der Waals surface area contributed by atoms with E-state index in [1.54, 1.807) is 36.4 Å². The number of ether oxygens (including phenoxy) is 4. The molecule has 0 spiro atoms. The van der Waals surface area contributed by atoms with Crippen LogP contribution in [0, 0.1) is 0 Å². The number of hydrogen-bond acceptors (Lipinski definition) is 8. The van der Waals surface area contributed by atoms with Crippen LogP contribution < -0.4 is 9.47 Å². The van der Waals surface area contributed by atoms with Crippen LogP contribution in [-0.2, 0) is 19.1 Å². The SMILES string of the molecule is CCC(C)(C)OC(=O)c1ccccc1OC(=O)CCCCC(=O)Oc1ccccc1C(=O)OC(C)(C)CC. The van der Waals surface area contributed by atoms with Gasteiger partial charge in [0.15, 0.2) is 0 Å². The fourth-order valence-corrected chi connectivity index (χ4v) is 3.09. The zero-order chi connectivity index (χ0) is 28.3. The number of benzene rings is 2. The number of hydrogen-bond donors (Lipinski definition) is 0. The summed E-state index contributed by atoms with van der Waals surface area (Å²) in [5.41, 5.74) is -0.943. The lowest BCUT2D eigenvalue weighted by molar-refractivity contribution is -0.136. The van der Waals surface area contributed by atoms with Crippen molar-refractivity contribution in [1.82, 2.24) is 0 Å². The summed E-state index contributed by atoms with van der Waals surface area (Å²) in [6, 6.07) is 12.8. The molecule has 0 bridgehead atoms.